The van der Waals surface area contributed by atoms with Crippen LogP contribution in [0, 0.1) is 11.7 Å². The Bertz CT molecular complexity index is 545. The minimum atomic E-state index is -0.230. The lowest BCUT2D eigenvalue weighted by Crippen LogP contribution is -2.41. The predicted molar refractivity (Wildman–Crippen MR) is 82.1 cm³/mol. The summed E-state index contributed by atoms with van der Waals surface area (Å²) in [5.74, 6) is 0.171. The SMILES string of the molecule is O=C(NC[C@@H]1CC[C@H](O)C1)NCC1(c2ccccc2F)CC1. The van der Waals surface area contributed by atoms with Crippen LogP contribution in [0.4, 0.5) is 9.18 Å². The van der Waals surface area contributed by atoms with E-state index in [1.807, 2.05) is 12.1 Å². The maximum Gasteiger partial charge on any atom is 0.314 e. The molecule has 2 fully saturated rings. The molecular weight excluding hydrogens is 283 g/mol. The first-order valence-corrected chi connectivity index (χ1v) is 8.04. The zero-order valence-corrected chi connectivity index (χ0v) is 12.6. The summed E-state index contributed by atoms with van der Waals surface area (Å²) in [6.45, 7) is 1.06. The molecule has 3 N–H and O–H groups in total. The fourth-order valence-corrected chi connectivity index (χ4v) is 3.37. The van der Waals surface area contributed by atoms with Gasteiger partial charge in [-0.05, 0) is 49.7 Å². The van der Waals surface area contributed by atoms with Crippen molar-refractivity contribution in [3.05, 3.63) is 35.6 Å². The average Bonchev–Trinajstić information content (AvgIpc) is 3.18. The number of nitrogens with one attached hydrogen (secondary N) is 2. The molecule has 2 aliphatic carbocycles. The Kier molecular flexibility index (Phi) is 4.34. The second-order valence-corrected chi connectivity index (χ2v) is 6.66. The van der Waals surface area contributed by atoms with E-state index in [0.717, 1.165) is 32.1 Å². The minimum absolute atomic E-state index is 0.192. The van der Waals surface area contributed by atoms with Crippen LogP contribution in [0.15, 0.2) is 24.3 Å². The van der Waals surface area contributed by atoms with Crippen molar-refractivity contribution in [2.24, 2.45) is 5.92 Å². The topological polar surface area (TPSA) is 61.4 Å². The van der Waals surface area contributed by atoms with Gasteiger partial charge in [0, 0.05) is 18.5 Å². The molecule has 120 valence electrons. The van der Waals surface area contributed by atoms with E-state index < -0.39 is 0 Å². The Balaban J connectivity index is 1.46. The van der Waals surface area contributed by atoms with E-state index in [0.29, 0.717) is 24.6 Å². The van der Waals surface area contributed by atoms with Gasteiger partial charge in [0.25, 0.3) is 0 Å². The van der Waals surface area contributed by atoms with Crippen LogP contribution >= 0.6 is 0 Å². The lowest BCUT2D eigenvalue weighted by Gasteiger charge is -2.18. The van der Waals surface area contributed by atoms with E-state index >= 15 is 0 Å². The van der Waals surface area contributed by atoms with Crippen molar-refractivity contribution in [3.63, 3.8) is 0 Å². The molecule has 22 heavy (non-hydrogen) atoms. The molecule has 1 aromatic carbocycles. The summed E-state index contributed by atoms with van der Waals surface area (Å²) in [6, 6.07) is 6.60. The van der Waals surface area contributed by atoms with Crippen LogP contribution in [0.1, 0.15) is 37.7 Å². The van der Waals surface area contributed by atoms with Crippen molar-refractivity contribution in [1.82, 2.24) is 10.6 Å². The van der Waals surface area contributed by atoms with E-state index in [1.165, 1.54) is 6.07 Å². The van der Waals surface area contributed by atoms with Gasteiger partial charge in [0.1, 0.15) is 5.82 Å². The normalized spacial score (nSPS) is 25.7. The largest absolute Gasteiger partial charge is 0.393 e. The number of benzene rings is 1. The van der Waals surface area contributed by atoms with Crippen molar-refractivity contribution in [2.45, 2.75) is 43.6 Å². The first-order chi connectivity index (χ1) is 10.6. The number of carbonyl (C=O) groups is 1. The summed E-state index contributed by atoms with van der Waals surface area (Å²) in [5.41, 5.74) is 0.473. The molecule has 0 radical (unpaired) electrons. The molecule has 0 spiro atoms. The van der Waals surface area contributed by atoms with Crippen LogP contribution < -0.4 is 10.6 Å². The highest BCUT2D eigenvalue weighted by atomic mass is 19.1. The lowest BCUT2D eigenvalue weighted by molar-refractivity contribution is 0.177. The summed E-state index contributed by atoms with van der Waals surface area (Å²) in [6.07, 6.45) is 4.14. The molecule has 2 aliphatic rings. The molecule has 0 aliphatic heterocycles. The molecule has 4 nitrogen and oxygen atoms in total. The molecule has 0 saturated heterocycles. The number of hydrogen-bond acceptors (Lipinski definition) is 2. The average molecular weight is 306 g/mol. The zero-order valence-electron chi connectivity index (χ0n) is 12.6. The number of halogens is 1. The highest BCUT2D eigenvalue weighted by Gasteiger charge is 2.46. The van der Waals surface area contributed by atoms with Crippen LogP contribution in [0.2, 0.25) is 0 Å². The number of aliphatic hydroxyl groups is 1. The third kappa shape index (κ3) is 3.40. The number of aliphatic hydroxyl groups excluding tert-OH is 1. The van der Waals surface area contributed by atoms with Crippen molar-refractivity contribution >= 4 is 6.03 Å². The van der Waals surface area contributed by atoms with Crippen LogP contribution in [-0.2, 0) is 5.41 Å². The fourth-order valence-electron chi connectivity index (χ4n) is 3.37. The van der Waals surface area contributed by atoms with E-state index in [-0.39, 0.29) is 23.4 Å². The summed E-state index contributed by atoms with van der Waals surface area (Å²) < 4.78 is 13.9. The Hall–Kier alpha value is -1.62. The quantitative estimate of drug-likeness (QED) is 0.782. The van der Waals surface area contributed by atoms with Crippen molar-refractivity contribution in [1.29, 1.82) is 0 Å². The fraction of sp³-hybridized carbons (Fsp3) is 0.588. The Morgan fingerprint density at radius 3 is 2.68 bits per heavy atom. The standard InChI is InChI=1S/C17H23FN2O2/c18-15-4-2-1-3-14(15)17(7-8-17)11-20-16(22)19-10-12-5-6-13(21)9-12/h1-4,12-13,21H,5-11H2,(H2,19,20,22)/t12-,13+/m1/s1. The second-order valence-electron chi connectivity index (χ2n) is 6.66. The molecule has 0 unspecified atom stereocenters. The summed E-state index contributed by atoms with van der Waals surface area (Å²) in [4.78, 5) is 11.9. The molecule has 2 atom stereocenters. The monoisotopic (exact) mass is 306 g/mol. The van der Waals surface area contributed by atoms with Gasteiger partial charge in [0.2, 0.25) is 0 Å². The van der Waals surface area contributed by atoms with Crippen molar-refractivity contribution in [3.8, 4) is 0 Å². The molecular formula is C17H23FN2O2. The van der Waals surface area contributed by atoms with Crippen LogP contribution in [0.3, 0.4) is 0 Å². The first-order valence-electron chi connectivity index (χ1n) is 8.04. The Morgan fingerprint density at radius 1 is 1.27 bits per heavy atom. The van der Waals surface area contributed by atoms with Gasteiger partial charge >= 0.3 is 6.03 Å². The molecule has 1 aromatic rings. The highest BCUT2D eigenvalue weighted by molar-refractivity contribution is 5.74. The van der Waals surface area contributed by atoms with Crippen LogP contribution in [0.25, 0.3) is 0 Å². The Morgan fingerprint density at radius 2 is 2.05 bits per heavy atom. The van der Waals surface area contributed by atoms with Gasteiger partial charge in [-0.1, -0.05) is 18.2 Å². The number of carbonyl (C=O) groups excluding carboxylic acids is 1. The molecule has 0 heterocycles. The van der Waals surface area contributed by atoms with Crippen molar-refractivity contribution in [2.75, 3.05) is 13.1 Å². The number of rotatable bonds is 5. The molecule has 3 rings (SSSR count). The van der Waals surface area contributed by atoms with Gasteiger partial charge in [0.15, 0.2) is 0 Å². The number of amides is 2. The molecule has 5 heteroatoms. The van der Waals surface area contributed by atoms with Crippen LogP contribution in [-0.4, -0.2) is 30.3 Å². The Labute approximate surface area is 130 Å². The summed E-state index contributed by atoms with van der Waals surface area (Å²) in [7, 11) is 0. The van der Waals surface area contributed by atoms with Gasteiger partial charge in [-0.25, -0.2) is 9.18 Å². The van der Waals surface area contributed by atoms with E-state index in [9.17, 15) is 14.3 Å². The van der Waals surface area contributed by atoms with Crippen molar-refractivity contribution < 1.29 is 14.3 Å². The second kappa shape index (κ2) is 6.24. The summed E-state index contributed by atoms with van der Waals surface area (Å²) >= 11 is 0. The maximum absolute atomic E-state index is 13.9. The van der Waals surface area contributed by atoms with Gasteiger partial charge < -0.3 is 15.7 Å². The van der Waals surface area contributed by atoms with Gasteiger partial charge in [-0.15, -0.1) is 0 Å². The van der Waals surface area contributed by atoms with Gasteiger partial charge in [0.05, 0.1) is 6.10 Å². The molecule has 0 bridgehead atoms. The third-order valence-corrected chi connectivity index (χ3v) is 4.95. The van der Waals surface area contributed by atoms with E-state index in [2.05, 4.69) is 10.6 Å². The zero-order chi connectivity index (χ0) is 15.6. The maximum atomic E-state index is 13.9. The number of urea groups is 1. The highest BCUT2D eigenvalue weighted by Crippen LogP contribution is 2.48. The van der Waals surface area contributed by atoms with Gasteiger partial charge in [-0.2, -0.15) is 0 Å². The van der Waals surface area contributed by atoms with Gasteiger partial charge in [-0.3, -0.25) is 0 Å². The number of hydrogen-bond donors (Lipinski definition) is 3. The molecule has 0 aromatic heterocycles. The first kappa shape index (κ1) is 15.3. The third-order valence-electron chi connectivity index (χ3n) is 4.95. The molecule has 2 saturated carbocycles. The van der Waals surface area contributed by atoms with E-state index in [4.69, 9.17) is 0 Å². The smallest absolute Gasteiger partial charge is 0.314 e. The predicted octanol–water partition coefficient (Wildman–Crippen LogP) is 2.32. The lowest BCUT2D eigenvalue weighted by atomic mass is 9.95. The van der Waals surface area contributed by atoms with E-state index in [1.54, 1.807) is 6.07 Å². The molecule has 2 amide bonds. The summed E-state index contributed by atoms with van der Waals surface area (Å²) in [5, 5.41) is 15.2. The van der Waals surface area contributed by atoms with Crippen LogP contribution in [0.5, 0.6) is 0 Å². The minimum Gasteiger partial charge on any atom is -0.393 e.